The summed E-state index contributed by atoms with van der Waals surface area (Å²) in [6.07, 6.45) is 3.60. The fourth-order valence-corrected chi connectivity index (χ4v) is 3.46. The second kappa shape index (κ2) is 10.6. The molecule has 148 valence electrons. The molecule has 0 spiro atoms. The molecular formula is C20H31IN6. The Morgan fingerprint density at radius 2 is 1.89 bits per heavy atom. The topological polar surface area (TPSA) is 58.3 Å². The van der Waals surface area contributed by atoms with Gasteiger partial charge in [0.2, 0.25) is 0 Å². The number of aliphatic imine (C=N–C) groups is 1. The van der Waals surface area contributed by atoms with Crippen LogP contribution >= 0.6 is 24.0 Å². The largest absolute Gasteiger partial charge is 0.357 e. The van der Waals surface area contributed by atoms with Gasteiger partial charge < -0.3 is 14.8 Å². The van der Waals surface area contributed by atoms with E-state index in [-0.39, 0.29) is 24.0 Å². The maximum Gasteiger partial charge on any atom is 0.194 e. The van der Waals surface area contributed by atoms with E-state index >= 15 is 0 Å². The molecule has 0 radical (unpaired) electrons. The van der Waals surface area contributed by atoms with E-state index in [4.69, 9.17) is 4.99 Å². The number of halogens is 1. The van der Waals surface area contributed by atoms with Crippen LogP contribution in [0, 0.1) is 12.8 Å². The minimum Gasteiger partial charge on any atom is -0.357 e. The van der Waals surface area contributed by atoms with Gasteiger partial charge in [-0.2, -0.15) is 0 Å². The normalized spacial score (nSPS) is 15.5. The van der Waals surface area contributed by atoms with E-state index < -0.39 is 0 Å². The van der Waals surface area contributed by atoms with Crippen LogP contribution in [0.4, 0.5) is 0 Å². The van der Waals surface area contributed by atoms with E-state index in [0.717, 1.165) is 43.2 Å². The Kier molecular flexibility index (Phi) is 8.53. The predicted molar refractivity (Wildman–Crippen MR) is 120 cm³/mol. The van der Waals surface area contributed by atoms with E-state index in [1.165, 1.54) is 24.8 Å². The predicted octanol–water partition coefficient (Wildman–Crippen LogP) is 3.16. The van der Waals surface area contributed by atoms with Crippen molar-refractivity contribution in [3.8, 4) is 0 Å². The van der Waals surface area contributed by atoms with Crippen LogP contribution in [0.1, 0.15) is 37.0 Å². The highest BCUT2D eigenvalue weighted by Gasteiger charge is 2.21. The lowest BCUT2D eigenvalue weighted by Gasteiger charge is -2.34. The number of benzene rings is 1. The molecule has 0 bridgehead atoms. The summed E-state index contributed by atoms with van der Waals surface area (Å²) >= 11 is 0. The van der Waals surface area contributed by atoms with Gasteiger partial charge in [-0.05, 0) is 44.6 Å². The molecule has 1 saturated heterocycles. The number of guanidine groups is 1. The average molecular weight is 482 g/mol. The molecule has 0 aliphatic carbocycles. The number of nitrogens with one attached hydrogen (secondary N) is 1. The number of hydrogen-bond acceptors (Lipinski definition) is 3. The zero-order chi connectivity index (χ0) is 18.4. The summed E-state index contributed by atoms with van der Waals surface area (Å²) < 4.78 is 2.00. The van der Waals surface area contributed by atoms with Gasteiger partial charge in [-0.15, -0.1) is 34.2 Å². The van der Waals surface area contributed by atoms with E-state index in [1.54, 1.807) is 0 Å². The molecule has 0 amide bonds. The van der Waals surface area contributed by atoms with Crippen LogP contribution in [0.3, 0.4) is 0 Å². The summed E-state index contributed by atoms with van der Waals surface area (Å²) in [5.41, 5.74) is 1.45. The molecule has 2 aromatic rings. The zero-order valence-electron chi connectivity index (χ0n) is 16.6. The Bertz CT molecular complexity index is 719. The van der Waals surface area contributed by atoms with Crippen LogP contribution < -0.4 is 5.32 Å². The van der Waals surface area contributed by atoms with Gasteiger partial charge in [-0.1, -0.05) is 30.3 Å². The monoisotopic (exact) mass is 482 g/mol. The summed E-state index contributed by atoms with van der Waals surface area (Å²) in [6, 6.07) is 10.8. The first kappa shape index (κ1) is 21.7. The average Bonchev–Trinajstić information content (AvgIpc) is 2.99. The van der Waals surface area contributed by atoms with Crippen molar-refractivity contribution in [2.24, 2.45) is 18.0 Å². The van der Waals surface area contributed by atoms with Gasteiger partial charge in [0.05, 0.1) is 0 Å². The minimum atomic E-state index is 0. The molecule has 0 atom stereocenters. The van der Waals surface area contributed by atoms with Crippen molar-refractivity contribution < 1.29 is 0 Å². The van der Waals surface area contributed by atoms with Gasteiger partial charge in [-0.25, -0.2) is 4.99 Å². The summed E-state index contributed by atoms with van der Waals surface area (Å²) in [6.45, 7) is 7.62. The van der Waals surface area contributed by atoms with E-state index in [1.807, 2.05) is 18.5 Å². The van der Waals surface area contributed by atoms with Crippen molar-refractivity contribution in [3.05, 3.63) is 47.5 Å². The van der Waals surface area contributed by atoms with Crippen LogP contribution in [-0.2, 0) is 20.0 Å². The fraction of sp³-hybridized carbons (Fsp3) is 0.550. The lowest BCUT2D eigenvalue weighted by molar-refractivity contribution is 0.259. The Morgan fingerprint density at radius 3 is 2.48 bits per heavy atom. The van der Waals surface area contributed by atoms with Crippen molar-refractivity contribution >= 4 is 29.9 Å². The molecule has 2 heterocycles. The Balaban J connectivity index is 0.00000261. The third kappa shape index (κ3) is 5.92. The molecule has 1 fully saturated rings. The van der Waals surface area contributed by atoms with Crippen LogP contribution in [0.15, 0.2) is 35.3 Å². The smallest absolute Gasteiger partial charge is 0.194 e. The number of rotatable bonds is 5. The SMILES string of the molecule is CCNC(=NCc1nnc(C)n1C)N1CCC(Cc2ccccc2)CC1.I. The number of aryl methyl sites for hydroxylation is 1. The van der Waals surface area contributed by atoms with Crippen molar-refractivity contribution in [1.29, 1.82) is 0 Å². The van der Waals surface area contributed by atoms with Gasteiger partial charge in [-0.3, -0.25) is 0 Å². The number of nitrogens with zero attached hydrogens (tertiary/aromatic N) is 5. The fourth-order valence-electron chi connectivity index (χ4n) is 3.46. The van der Waals surface area contributed by atoms with E-state index in [2.05, 4.69) is 57.7 Å². The number of aromatic nitrogens is 3. The van der Waals surface area contributed by atoms with Crippen LogP contribution in [-0.4, -0.2) is 45.3 Å². The molecule has 0 saturated carbocycles. The first-order valence-corrected chi connectivity index (χ1v) is 9.59. The van der Waals surface area contributed by atoms with Crippen molar-refractivity contribution in [3.63, 3.8) is 0 Å². The molecular weight excluding hydrogens is 451 g/mol. The molecule has 1 N–H and O–H groups in total. The second-order valence-corrected chi connectivity index (χ2v) is 7.01. The van der Waals surface area contributed by atoms with Crippen molar-refractivity contribution in [2.45, 2.75) is 39.7 Å². The highest BCUT2D eigenvalue weighted by Crippen LogP contribution is 2.21. The Hall–Kier alpha value is -1.64. The number of piperidine rings is 1. The first-order valence-electron chi connectivity index (χ1n) is 9.59. The summed E-state index contributed by atoms with van der Waals surface area (Å²) in [4.78, 5) is 7.18. The van der Waals surface area contributed by atoms with Crippen molar-refractivity contribution in [2.75, 3.05) is 19.6 Å². The Labute approximate surface area is 179 Å². The first-order chi connectivity index (χ1) is 12.7. The van der Waals surface area contributed by atoms with Crippen molar-refractivity contribution in [1.82, 2.24) is 25.0 Å². The Morgan fingerprint density at radius 1 is 1.19 bits per heavy atom. The quantitative estimate of drug-likeness (QED) is 0.404. The third-order valence-electron chi connectivity index (χ3n) is 5.17. The van der Waals surface area contributed by atoms with Gasteiger partial charge in [0.15, 0.2) is 11.8 Å². The summed E-state index contributed by atoms with van der Waals surface area (Å²) in [5.74, 6) is 3.57. The van der Waals surface area contributed by atoms with E-state index in [9.17, 15) is 0 Å². The molecule has 0 unspecified atom stereocenters. The lowest BCUT2D eigenvalue weighted by atomic mass is 9.90. The molecule has 1 aromatic carbocycles. The maximum absolute atomic E-state index is 4.80. The molecule has 7 heteroatoms. The maximum atomic E-state index is 4.80. The number of likely N-dealkylation sites (tertiary alicyclic amines) is 1. The van der Waals surface area contributed by atoms with Crippen LogP contribution in [0.25, 0.3) is 0 Å². The molecule has 27 heavy (non-hydrogen) atoms. The standard InChI is InChI=1S/C20H30N6.HI/c1-4-21-20(22-15-19-24-23-16(2)25(19)3)26-12-10-18(11-13-26)14-17-8-6-5-7-9-17;/h5-9,18H,4,10-15H2,1-3H3,(H,21,22);1H. The number of hydrogen-bond donors (Lipinski definition) is 1. The molecule has 1 aromatic heterocycles. The van der Waals surface area contributed by atoms with Gasteiger partial charge in [0, 0.05) is 26.7 Å². The highest BCUT2D eigenvalue weighted by molar-refractivity contribution is 14.0. The van der Waals surface area contributed by atoms with Crippen LogP contribution in [0.2, 0.25) is 0 Å². The summed E-state index contributed by atoms with van der Waals surface area (Å²) in [5, 5.41) is 11.8. The van der Waals surface area contributed by atoms with Gasteiger partial charge in [0.25, 0.3) is 0 Å². The van der Waals surface area contributed by atoms with Gasteiger partial charge >= 0.3 is 0 Å². The lowest BCUT2D eigenvalue weighted by Crippen LogP contribution is -2.45. The third-order valence-corrected chi connectivity index (χ3v) is 5.17. The second-order valence-electron chi connectivity index (χ2n) is 7.01. The van der Waals surface area contributed by atoms with Gasteiger partial charge in [0.1, 0.15) is 12.4 Å². The zero-order valence-corrected chi connectivity index (χ0v) is 18.9. The molecule has 1 aliphatic heterocycles. The van der Waals surface area contributed by atoms with E-state index in [0.29, 0.717) is 6.54 Å². The minimum absolute atomic E-state index is 0. The summed E-state index contributed by atoms with van der Waals surface area (Å²) in [7, 11) is 1.99. The molecule has 6 nitrogen and oxygen atoms in total. The molecule has 1 aliphatic rings. The molecule has 3 rings (SSSR count). The van der Waals surface area contributed by atoms with Crippen LogP contribution in [0.5, 0.6) is 0 Å². The highest BCUT2D eigenvalue weighted by atomic mass is 127.